The van der Waals surface area contributed by atoms with Crippen LogP contribution >= 0.6 is 0 Å². The summed E-state index contributed by atoms with van der Waals surface area (Å²) in [4.78, 5) is 0. The van der Waals surface area contributed by atoms with Gasteiger partial charge in [-0.1, -0.05) is 36.4 Å². The molecule has 0 radical (unpaired) electrons. The molecule has 0 saturated heterocycles. The highest BCUT2D eigenvalue weighted by molar-refractivity contribution is 5.92. The molecule has 1 heteroatoms. The van der Waals surface area contributed by atoms with E-state index in [-0.39, 0.29) is 0 Å². The van der Waals surface area contributed by atoms with Crippen LogP contribution in [0.4, 0.5) is 0 Å². The quantitative estimate of drug-likeness (QED) is 0.686. The Hall–Kier alpha value is -1.76. The van der Waals surface area contributed by atoms with Crippen molar-refractivity contribution >= 4 is 16.8 Å². The van der Waals surface area contributed by atoms with Gasteiger partial charge in [-0.05, 0) is 40.8 Å². The summed E-state index contributed by atoms with van der Waals surface area (Å²) in [5, 5.41) is 2.61. The number of fused-ring (bicyclic) bond motifs is 3. The SMILES string of the molecule is NC1=Cc2c(ccc3ccccc23)CC1. The van der Waals surface area contributed by atoms with Crippen molar-refractivity contribution in [3.63, 3.8) is 0 Å². The molecular weight excluding hydrogens is 182 g/mol. The first-order valence-corrected chi connectivity index (χ1v) is 5.31. The van der Waals surface area contributed by atoms with Gasteiger partial charge in [0.25, 0.3) is 0 Å². The Labute approximate surface area is 89.2 Å². The van der Waals surface area contributed by atoms with Crippen LogP contribution in [0.15, 0.2) is 42.1 Å². The molecule has 0 atom stereocenters. The van der Waals surface area contributed by atoms with Crippen LogP contribution < -0.4 is 5.73 Å². The molecule has 0 fully saturated rings. The lowest BCUT2D eigenvalue weighted by Gasteiger charge is -2.15. The number of benzene rings is 2. The van der Waals surface area contributed by atoms with E-state index in [2.05, 4.69) is 42.5 Å². The average molecular weight is 195 g/mol. The predicted molar refractivity (Wildman–Crippen MR) is 64.4 cm³/mol. The van der Waals surface area contributed by atoms with E-state index in [9.17, 15) is 0 Å². The van der Waals surface area contributed by atoms with Gasteiger partial charge in [0.05, 0.1) is 0 Å². The van der Waals surface area contributed by atoms with Gasteiger partial charge >= 0.3 is 0 Å². The molecule has 0 spiro atoms. The Morgan fingerprint density at radius 3 is 2.73 bits per heavy atom. The Kier molecular flexibility index (Phi) is 1.78. The highest BCUT2D eigenvalue weighted by Gasteiger charge is 2.10. The molecule has 2 aromatic carbocycles. The molecule has 2 N–H and O–H groups in total. The van der Waals surface area contributed by atoms with Crippen LogP contribution in [0.3, 0.4) is 0 Å². The zero-order chi connectivity index (χ0) is 10.3. The maximum atomic E-state index is 5.90. The van der Waals surface area contributed by atoms with Gasteiger partial charge in [0.2, 0.25) is 0 Å². The molecule has 3 rings (SSSR count). The summed E-state index contributed by atoms with van der Waals surface area (Å²) in [7, 11) is 0. The van der Waals surface area contributed by atoms with E-state index in [0.29, 0.717) is 0 Å². The minimum atomic E-state index is 0.991. The van der Waals surface area contributed by atoms with Gasteiger partial charge in [0.1, 0.15) is 0 Å². The summed E-state index contributed by atoms with van der Waals surface area (Å²) in [6.45, 7) is 0. The second kappa shape index (κ2) is 3.13. The molecule has 2 aromatic rings. The zero-order valence-corrected chi connectivity index (χ0v) is 8.53. The second-order valence-corrected chi connectivity index (χ2v) is 4.08. The Balaban J connectivity index is 2.39. The van der Waals surface area contributed by atoms with Crippen molar-refractivity contribution in [1.29, 1.82) is 0 Å². The first kappa shape index (κ1) is 8.54. The van der Waals surface area contributed by atoms with E-state index in [0.717, 1.165) is 18.5 Å². The monoisotopic (exact) mass is 195 g/mol. The maximum absolute atomic E-state index is 5.90. The fourth-order valence-electron chi connectivity index (χ4n) is 2.27. The smallest absolute Gasteiger partial charge is 0.00901 e. The van der Waals surface area contributed by atoms with Gasteiger partial charge in [-0.2, -0.15) is 0 Å². The van der Waals surface area contributed by atoms with Crippen LogP contribution in [0.1, 0.15) is 17.5 Å². The van der Waals surface area contributed by atoms with Crippen LogP contribution in [0.2, 0.25) is 0 Å². The summed E-state index contributed by atoms with van der Waals surface area (Å²) in [5.41, 5.74) is 9.64. The molecule has 0 aromatic heterocycles. The Bertz CT molecular complexity index is 552. The molecule has 0 heterocycles. The zero-order valence-electron chi connectivity index (χ0n) is 8.53. The number of hydrogen-bond acceptors (Lipinski definition) is 1. The highest BCUT2D eigenvalue weighted by Crippen LogP contribution is 2.28. The molecule has 74 valence electrons. The first-order chi connectivity index (χ1) is 7.34. The van der Waals surface area contributed by atoms with Crippen LogP contribution in [-0.4, -0.2) is 0 Å². The number of aryl methyl sites for hydroxylation is 1. The lowest BCUT2D eigenvalue weighted by atomic mass is 9.91. The van der Waals surface area contributed by atoms with Gasteiger partial charge < -0.3 is 5.73 Å². The standard InChI is InChI=1S/C14H13N/c15-12-8-7-11-6-5-10-3-1-2-4-13(10)14(11)9-12/h1-6,9H,7-8,15H2. The third-order valence-corrected chi connectivity index (χ3v) is 3.07. The lowest BCUT2D eigenvalue weighted by Crippen LogP contribution is -2.05. The summed E-state index contributed by atoms with van der Waals surface area (Å²) in [5.74, 6) is 0. The van der Waals surface area contributed by atoms with Crippen molar-refractivity contribution in [2.45, 2.75) is 12.8 Å². The Morgan fingerprint density at radius 2 is 1.80 bits per heavy atom. The third kappa shape index (κ3) is 1.32. The van der Waals surface area contributed by atoms with Gasteiger partial charge in [0.15, 0.2) is 0 Å². The van der Waals surface area contributed by atoms with E-state index >= 15 is 0 Å². The van der Waals surface area contributed by atoms with Crippen molar-refractivity contribution < 1.29 is 0 Å². The van der Waals surface area contributed by atoms with Crippen LogP contribution in [0.25, 0.3) is 16.8 Å². The van der Waals surface area contributed by atoms with E-state index in [4.69, 9.17) is 5.73 Å². The molecule has 0 amide bonds. The van der Waals surface area contributed by atoms with Gasteiger partial charge in [0, 0.05) is 5.70 Å². The van der Waals surface area contributed by atoms with Gasteiger partial charge in [-0.15, -0.1) is 0 Å². The molecule has 0 aliphatic heterocycles. The van der Waals surface area contributed by atoms with E-state index in [1.165, 1.54) is 21.9 Å². The molecule has 1 nitrogen and oxygen atoms in total. The molecule has 0 unspecified atom stereocenters. The minimum absolute atomic E-state index is 0.991. The Morgan fingerprint density at radius 1 is 0.933 bits per heavy atom. The number of hydrogen-bond donors (Lipinski definition) is 1. The maximum Gasteiger partial charge on any atom is 0.00901 e. The normalized spacial score (nSPS) is 14.8. The van der Waals surface area contributed by atoms with Crippen LogP contribution in [0, 0.1) is 0 Å². The fourth-order valence-corrected chi connectivity index (χ4v) is 2.27. The van der Waals surface area contributed by atoms with Crippen molar-refractivity contribution in [2.75, 3.05) is 0 Å². The number of allylic oxidation sites excluding steroid dienone is 1. The number of rotatable bonds is 0. The largest absolute Gasteiger partial charge is 0.402 e. The average Bonchev–Trinajstić information content (AvgIpc) is 2.29. The van der Waals surface area contributed by atoms with E-state index in [1.54, 1.807) is 0 Å². The van der Waals surface area contributed by atoms with Crippen LogP contribution in [-0.2, 0) is 6.42 Å². The molecule has 0 bridgehead atoms. The third-order valence-electron chi connectivity index (χ3n) is 3.07. The van der Waals surface area contributed by atoms with Crippen molar-refractivity contribution in [3.8, 4) is 0 Å². The molecule has 0 saturated carbocycles. The topological polar surface area (TPSA) is 26.0 Å². The minimum Gasteiger partial charge on any atom is -0.402 e. The molecule has 15 heavy (non-hydrogen) atoms. The lowest BCUT2D eigenvalue weighted by molar-refractivity contribution is 0.917. The van der Waals surface area contributed by atoms with Gasteiger partial charge in [-0.3, -0.25) is 0 Å². The highest BCUT2D eigenvalue weighted by atomic mass is 14.6. The summed E-state index contributed by atoms with van der Waals surface area (Å²) < 4.78 is 0. The van der Waals surface area contributed by atoms with Crippen molar-refractivity contribution in [1.82, 2.24) is 0 Å². The molecular formula is C14H13N. The van der Waals surface area contributed by atoms with Crippen LogP contribution in [0.5, 0.6) is 0 Å². The van der Waals surface area contributed by atoms with Crippen molar-refractivity contribution in [2.24, 2.45) is 5.73 Å². The predicted octanol–water partition coefficient (Wildman–Crippen LogP) is 3.09. The second-order valence-electron chi connectivity index (χ2n) is 4.08. The molecule has 1 aliphatic carbocycles. The van der Waals surface area contributed by atoms with E-state index in [1.807, 2.05) is 0 Å². The number of nitrogens with two attached hydrogens (primary N) is 1. The first-order valence-electron chi connectivity index (χ1n) is 5.31. The summed E-state index contributed by atoms with van der Waals surface area (Å²) in [6, 6.07) is 12.9. The van der Waals surface area contributed by atoms with E-state index < -0.39 is 0 Å². The van der Waals surface area contributed by atoms with Crippen molar-refractivity contribution in [3.05, 3.63) is 53.2 Å². The van der Waals surface area contributed by atoms with Gasteiger partial charge in [-0.25, -0.2) is 0 Å². The fraction of sp³-hybridized carbons (Fsp3) is 0.143. The summed E-state index contributed by atoms with van der Waals surface area (Å²) in [6.07, 6.45) is 4.19. The summed E-state index contributed by atoms with van der Waals surface area (Å²) >= 11 is 0. The molecule has 1 aliphatic rings.